The number of nitrogens with one attached hydrogen (secondary N) is 1. The van der Waals surface area contributed by atoms with Crippen molar-refractivity contribution in [2.75, 3.05) is 13.1 Å². The van der Waals surface area contributed by atoms with Gasteiger partial charge < -0.3 is 5.32 Å². The fourth-order valence-corrected chi connectivity index (χ4v) is 4.02. The van der Waals surface area contributed by atoms with Gasteiger partial charge in [0.15, 0.2) is 0 Å². The first-order valence-electron chi connectivity index (χ1n) is 9.12. The van der Waals surface area contributed by atoms with E-state index in [1.54, 1.807) is 0 Å². The SMILES string of the molecule is O=C(NC1(C2CN(C(c3ccccc3)c3ccccc3)C2)CC1)C(F)(F)F. The van der Waals surface area contributed by atoms with Crippen molar-refractivity contribution in [3.05, 3.63) is 71.8 Å². The van der Waals surface area contributed by atoms with Crippen LogP contribution >= 0.6 is 0 Å². The fraction of sp³-hybridized carbons (Fsp3) is 0.381. The molecule has 0 aromatic heterocycles. The maximum atomic E-state index is 12.6. The quantitative estimate of drug-likeness (QED) is 0.860. The predicted molar refractivity (Wildman–Crippen MR) is 96.0 cm³/mol. The van der Waals surface area contributed by atoms with Crippen LogP contribution in [0, 0.1) is 5.92 Å². The zero-order chi connectivity index (χ0) is 19.1. The molecule has 2 aromatic carbocycles. The van der Waals surface area contributed by atoms with Crippen LogP contribution in [0.4, 0.5) is 13.2 Å². The summed E-state index contributed by atoms with van der Waals surface area (Å²) in [4.78, 5) is 13.6. The molecule has 0 atom stereocenters. The third-order valence-corrected chi connectivity index (χ3v) is 5.70. The Morgan fingerprint density at radius 3 is 1.85 bits per heavy atom. The van der Waals surface area contributed by atoms with Crippen molar-refractivity contribution in [2.24, 2.45) is 5.92 Å². The van der Waals surface area contributed by atoms with Gasteiger partial charge >= 0.3 is 12.1 Å². The summed E-state index contributed by atoms with van der Waals surface area (Å²) in [7, 11) is 0. The summed E-state index contributed by atoms with van der Waals surface area (Å²) >= 11 is 0. The second-order valence-electron chi connectivity index (χ2n) is 7.48. The zero-order valence-corrected chi connectivity index (χ0v) is 14.7. The average molecular weight is 374 g/mol. The van der Waals surface area contributed by atoms with Gasteiger partial charge in [0.05, 0.1) is 6.04 Å². The van der Waals surface area contributed by atoms with Gasteiger partial charge in [-0.2, -0.15) is 13.2 Å². The molecule has 1 amide bonds. The van der Waals surface area contributed by atoms with Gasteiger partial charge in [0.25, 0.3) is 0 Å². The Kier molecular flexibility index (Phi) is 4.46. The standard InChI is InChI=1S/C21H21F3N2O/c22-21(23,24)19(27)25-20(11-12-20)17-13-26(14-17)18(15-7-3-1-4-8-15)16-9-5-2-6-10-16/h1-10,17-18H,11-14H2,(H,25,27). The van der Waals surface area contributed by atoms with Crippen molar-refractivity contribution in [1.82, 2.24) is 10.2 Å². The molecule has 2 fully saturated rings. The van der Waals surface area contributed by atoms with E-state index >= 15 is 0 Å². The molecule has 27 heavy (non-hydrogen) atoms. The number of benzene rings is 2. The lowest BCUT2D eigenvalue weighted by Crippen LogP contribution is -2.60. The van der Waals surface area contributed by atoms with E-state index in [0.717, 1.165) is 11.1 Å². The number of nitrogens with zero attached hydrogens (tertiary/aromatic N) is 1. The smallest absolute Gasteiger partial charge is 0.342 e. The molecule has 1 aliphatic carbocycles. The summed E-state index contributed by atoms with van der Waals surface area (Å²) in [5.74, 6) is -1.76. The number of carbonyl (C=O) groups excluding carboxylic acids is 1. The maximum Gasteiger partial charge on any atom is 0.471 e. The van der Waals surface area contributed by atoms with Crippen LogP contribution in [0.5, 0.6) is 0 Å². The van der Waals surface area contributed by atoms with Gasteiger partial charge in [-0.3, -0.25) is 9.69 Å². The van der Waals surface area contributed by atoms with Crippen LogP contribution in [0.25, 0.3) is 0 Å². The van der Waals surface area contributed by atoms with Gasteiger partial charge in [-0.15, -0.1) is 0 Å². The van der Waals surface area contributed by atoms with Gasteiger partial charge in [0.1, 0.15) is 0 Å². The Balaban J connectivity index is 1.49. The maximum absolute atomic E-state index is 12.6. The molecule has 1 aliphatic heterocycles. The molecule has 142 valence electrons. The molecular weight excluding hydrogens is 353 g/mol. The number of likely N-dealkylation sites (tertiary alicyclic amines) is 1. The summed E-state index contributed by atoms with van der Waals surface area (Å²) in [6.07, 6.45) is -3.58. The molecular formula is C21H21F3N2O. The summed E-state index contributed by atoms with van der Waals surface area (Å²) in [6, 6.07) is 20.3. The molecule has 0 bridgehead atoms. The lowest BCUT2D eigenvalue weighted by Gasteiger charge is -2.48. The first kappa shape index (κ1) is 18.0. The van der Waals surface area contributed by atoms with Gasteiger partial charge in [0.2, 0.25) is 0 Å². The molecule has 3 nitrogen and oxygen atoms in total. The van der Waals surface area contributed by atoms with Crippen LogP contribution in [0.2, 0.25) is 0 Å². The normalized spacial score (nSPS) is 19.6. The van der Waals surface area contributed by atoms with Crippen molar-refractivity contribution >= 4 is 5.91 Å². The molecule has 4 rings (SSSR count). The monoisotopic (exact) mass is 374 g/mol. The van der Waals surface area contributed by atoms with Crippen LogP contribution in [-0.4, -0.2) is 35.6 Å². The highest BCUT2D eigenvalue weighted by molar-refractivity contribution is 5.82. The lowest BCUT2D eigenvalue weighted by atomic mass is 9.84. The largest absolute Gasteiger partial charge is 0.471 e. The fourth-order valence-electron chi connectivity index (χ4n) is 4.02. The first-order chi connectivity index (χ1) is 12.9. The molecule has 0 spiro atoms. The molecule has 6 heteroatoms. The highest BCUT2D eigenvalue weighted by Gasteiger charge is 2.57. The minimum absolute atomic E-state index is 0.0544. The van der Waals surface area contributed by atoms with E-state index in [9.17, 15) is 18.0 Å². The van der Waals surface area contributed by atoms with Crippen LogP contribution in [0.3, 0.4) is 0 Å². The summed E-state index contributed by atoms with van der Waals surface area (Å²) in [5, 5.41) is 2.26. The van der Waals surface area contributed by atoms with Crippen molar-refractivity contribution in [1.29, 1.82) is 0 Å². The summed E-state index contributed by atoms with van der Waals surface area (Å²) in [6.45, 7) is 1.35. The van der Waals surface area contributed by atoms with E-state index in [0.29, 0.717) is 25.9 Å². The summed E-state index contributed by atoms with van der Waals surface area (Å²) < 4.78 is 37.9. The second-order valence-corrected chi connectivity index (χ2v) is 7.48. The van der Waals surface area contributed by atoms with E-state index < -0.39 is 17.6 Å². The van der Waals surface area contributed by atoms with Crippen LogP contribution < -0.4 is 5.32 Å². The van der Waals surface area contributed by atoms with E-state index in [4.69, 9.17) is 0 Å². The zero-order valence-electron chi connectivity index (χ0n) is 14.7. The van der Waals surface area contributed by atoms with Crippen molar-refractivity contribution in [3.63, 3.8) is 0 Å². The number of carbonyl (C=O) groups is 1. The molecule has 2 aromatic rings. The van der Waals surface area contributed by atoms with Gasteiger partial charge in [-0.1, -0.05) is 60.7 Å². The lowest BCUT2D eigenvalue weighted by molar-refractivity contribution is -0.175. The highest BCUT2D eigenvalue weighted by atomic mass is 19.4. The minimum atomic E-state index is -4.82. The van der Waals surface area contributed by atoms with E-state index in [1.165, 1.54) is 0 Å². The highest BCUT2D eigenvalue weighted by Crippen LogP contribution is 2.49. The molecule has 0 unspecified atom stereocenters. The van der Waals surface area contributed by atoms with E-state index in [-0.39, 0.29) is 12.0 Å². The number of alkyl halides is 3. The van der Waals surface area contributed by atoms with Crippen molar-refractivity contribution < 1.29 is 18.0 Å². The number of rotatable bonds is 5. The Hall–Kier alpha value is -2.34. The Morgan fingerprint density at radius 1 is 0.963 bits per heavy atom. The van der Waals surface area contributed by atoms with Crippen LogP contribution in [0.1, 0.15) is 30.0 Å². The van der Waals surface area contributed by atoms with Crippen molar-refractivity contribution in [2.45, 2.75) is 30.6 Å². The number of halogens is 3. The number of amides is 1. The third-order valence-electron chi connectivity index (χ3n) is 5.70. The Labute approximate surface area is 156 Å². The summed E-state index contributed by atoms with van der Waals surface area (Å²) in [5.41, 5.74) is 1.64. The number of hydrogen-bond donors (Lipinski definition) is 1. The molecule has 1 saturated carbocycles. The predicted octanol–water partition coefficient (Wildman–Crippen LogP) is 3.92. The molecule has 1 N–H and O–H groups in total. The van der Waals surface area contributed by atoms with Gasteiger partial charge in [-0.25, -0.2) is 0 Å². The topological polar surface area (TPSA) is 32.3 Å². The first-order valence-corrected chi connectivity index (χ1v) is 9.12. The number of hydrogen-bond acceptors (Lipinski definition) is 2. The van der Waals surface area contributed by atoms with Crippen LogP contribution in [0.15, 0.2) is 60.7 Å². The van der Waals surface area contributed by atoms with Crippen molar-refractivity contribution in [3.8, 4) is 0 Å². The van der Waals surface area contributed by atoms with Gasteiger partial charge in [0, 0.05) is 24.5 Å². The van der Waals surface area contributed by atoms with Crippen LogP contribution in [-0.2, 0) is 4.79 Å². The van der Waals surface area contributed by atoms with Gasteiger partial charge in [-0.05, 0) is 24.0 Å². The Morgan fingerprint density at radius 2 is 1.44 bits per heavy atom. The average Bonchev–Trinajstić information content (AvgIpc) is 3.38. The third kappa shape index (κ3) is 3.58. The molecule has 0 radical (unpaired) electrons. The molecule has 1 heterocycles. The Bertz CT molecular complexity index is 758. The molecule has 2 aliphatic rings. The molecule has 1 saturated heterocycles. The van der Waals surface area contributed by atoms with E-state index in [1.807, 2.05) is 36.4 Å². The van der Waals surface area contributed by atoms with E-state index in [2.05, 4.69) is 34.5 Å². The minimum Gasteiger partial charge on any atom is -0.342 e. The second kappa shape index (κ2) is 6.68.